The van der Waals surface area contributed by atoms with Crippen LogP contribution in [0.1, 0.15) is 27.4 Å². The number of aromatic nitrogens is 1. The number of hydrogen-bond acceptors (Lipinski definition) is 4. The average molecular weight is 342 g/mol. The monoisotopic (exact) mass is 342 g/mol. The van der Waals surface area contributed by atoms with Gasteiger partial charge in [-0.2, -0.15) is 0 Å². The van der Waals surface area contributed by atoms with Gasteiger partial charge in [0.2, 0.25) is 0 Å². The maximum atomic E-state index is 12.3. The average Bonchev–Trinajstić information content (AvgIpc) is 2.92. The lowest BCUT2D eigenvalue weighted by Crippen LogP contribution is -2.31. The Kier molecular flexibility index (Phi) is 5.94. The summed E-state index contributed by atoms with van der Waals surface area (Å²) in [7, 11) is 1.69. The number of nitrogens with one attached hydrogen (secondary N) is 2. The molecule has 132 valence electrons. The highest BCUT2D eigenvalue weighted by molar-refractivity contribution is 5.95. The second-order valence-electron chi connectivity index (χ2n) is 5.66. The predicted molar refractivity (Wildman–Crippen MR) is 95.4 cm³/mol. The summed E-state index contributed by atoms with van der Waals surface area (Å²) in [6.45, 7) is 8.01. The van der Waals surface area contributed by atoms with E-state index in [4.69, 9.17) is 4.52 Å². The van der Waals surface area contributed by atoms with Gasteiger partial charge in [-0.05, 0) is 38.1 Å². The molecule has 1 aromatic carbocycles. The van der Waals surface area contributed by atoms with Crippen LogP contribution in [0.4, 0.5) is 10.5 Å². The Balaban J connectivity index is 1.95. The molecule has 7 heteroatoms. The van der Waals surface area contributed by atoms with Crippen molar-refractivity contribution in [3.63, 3.8) is 0 Å². The minimum atomic E-state index is -0.260. The molecule has 0 aliphatic carbocycles. The van der Waals surface area contributed by atoms with E-state index >= 15 is 0 Å². The third kappa shape index (κ3) is 4.69. The van der Waals surface area contributed by atoms with Crippen LogP contribution in [0, 0.1) is 13.8 Å². The second-order valence-corrected chi connectivity index (χ2v) is 5.66. The highest BCUT2D eigenvalue weighted by atomic mass is 16.5. The first-order valence-electron chi connectivity index (χ1n) is 7.85. The molecule has 0 radical (unpaired) electrons. The van der Waals surface area contributed by atoms with Crippen LogP contribution in [0.3, 0.4) is 0 Å². The zero-order valence-corrected chi connectivity index (χ0v) is 14.6. The second kappa shape index (κ2) is 8.14. The number of benzene rings is 1. The van der Waals surface area contributed by atoms with Gasteiger partial charge in [0.25, 0.3) is 5.91 Å². The summed E-state index contributed by atoms with van der Waals surface area (Å²) in [5, 5.41) is 9.37. The molecule has 2 aromatic rings. The lowest BCUT2D eigenvalue weighted by atomic mass is 10.2. The van der Waals surface area contributed by atoms with Gasteiger partial charge in [0, 0.05) is 30.4 Å². The number of carbonyl (C=O) groups excluding carboxylic acids is 2. The standard InChI is InChI=1S/C18H22N4O3/c1-5-10-19-17(23)14-6-8-15(9-7-14)20-18(24)22(4)11-16-12(2)21-25-13(16)3/h5-9H,1,10-11H2,2-4H3,(H,19,23)(H,20,24). The minimum absolute atomic E-state index is 0.187. The third-order valence-electron chi connectivity index (χ3n) is 3.73. The quantitative estimate of drug-likeness (QED) is 0.790. The van der Waals surface area contributed by atoms with Gasteiger partial charge in [0.1, 0.15) is 5.76 Å². The molecule has 1 heterocycles. The van der Waals surface area contributed by atoms with Crippen molar-refractivity contribution in [3.8, 4) is 0 Å². The van der Waals surface area contributed by atoms with Crippen LogP contribution in [0.5, 0.6) is 0 Å². The lowest BCUT2D eigenvalue weighted by Gasteiger charge is -2.18. The Morgan fingerprint density at radius 1 is 1.28 bits per heavy atom. The number of nitrogens with zero attached hydrogens (tertiary/aromatic N) is 2. The number of hydrogen-bond donors (Lipinski definition) is 2. The van der Waals surface area contributed by atoms with Crippen LogP contribution in [0.2, 0.25) is 0 Å². The van der Waals surface area contributed by atoms with Crippen molar-refractivity contribution < 1.29 is 14.1 Å². The maximum Gasteiger partial charge on any atom is 0.321 e. The van der Waals surface area contributed by atoms with Crippen LogP contribution in [0.15, 0.2) is 41.4 Å². The van der Waals surface area contributed by atoms with Gasteiger partial charge in [0.05, 0.1) is 12.2 Å². The molecule has 0 aliphatic heterocycles. The molecule has 0 fully saturated rings. The van der Waals surface area contributed by atoms with Crippen molar-refractivity contribution in [2.75, 3.05) is 18.9 Å². The largest absolute Gasteiger partial charge is 0.361 e. The highest BCUT2D eigenvalue weighted by Crippen LogP contribution is 2.15. The molecule has 0 spiro atoms. The molecule has 0 bridgehead atoms. The first-order chi connectivity index (χ1) is 11.9. The number of amides is 3. The molecule has 2 N–H and O–H groups in total. The molecule has 3 amide bonds. The number of rotatable bonds is 6. The minimum Gasteiger partial charge on any atom is -0.361 e. The van der Waals surface area contributed by atoms with Crippen LogP contribution < -0.4 is 10.6 Å². The lowest BCUT2D eigenvalue weighted by molar-refractivity contribution is 0.0958. The summed E-state index contributed by atoms with van der Waals surface area (Å²) < 4.78 is 5.11. The van der Waals surface area contributed by atoms with Crippen LogP contribution in [-0.2, 0) is 6.54 Å². The molecular weight excluding hydrogens is 320 g/mol. The summed E-state index contributed by atoms with van der Waals surface area (Å²) in [4.78, 5) is 25.7. The number of carbonyl (C=O) groups is 2. The van der Waals surface area contributed by atoms with Crippen molar-refractivity contribution in [3.05, 3.63) is 59.5 Å². The number of anilines is 1. The molecule has 0 unspecified atom stereocenters. The fraction of sp³-hybridized carbons (Fsp3) is 0.278. The van der Waals surface area contributed by atoms with Gasteiger partial charge < -0.3 is 20.1 Å². The fourth-order valence-corrected chi connectivity index (χ4v) is 2.23. The smallest absolute Gasteiger partial charge is 0.321 e. The van der Waals surface area contributed by atoms with Gasteiger partial charge in [-0.3, -0.25) is 4.79 Å². The Labute approximate surface area is 146 Å². The van der Waals surface area contributed by atoms with E-state index in [0.717, 1.165) is 11.3 Å². The van der Waals surface area contributed by atoms with E-state index in [9.17, 15) is 9.59 Å². The first-order valence-corrected chi connectivity index (χ1v) is 7.85. The van der Waals surface area contributed by atoms with Crippen molar-refractivity contribution in [1.29, 1.82) is 0 Å². The summed E-state index contributed by atoms with van der Waals surface area (Å²) in [5.41, 5.74) is 2.79. The van der Waals surface area contributed by atoms with E-state index in [0.29, 0.717) is 30.1 Å². The van der Waals surface area contributed by atoms with Crippen molar-refractivity contribution >= 4 is 17.6 Å². The molecule has 2 rings (SSSR count). The van der Waals surface area contributed by atoms with Crippen molar-refractivity contribution in [2.24, 2.45) is 0 Å². The van der Waals surface area contributed by atoms with Crippen LogP contribution >= 0.6 is 0 Å². The van der Waals surface area contributed by atoms with Gasteiger partial charge in [-0.1, -0.05) is 11.2 Å². The normalized spacial score (nSPS) is 10.2. The summed E-state index contributed by atoms with van der Waals surface area (Å²) in [5.74, 6) is 0.514. The Morgan fingerprint density at radius 3 is 2.52 bits per heavy atom. The van der Waals surface area contributed by atoms with E-state index in [1.165, 1.54) is 4.90 Å². The Morgan fingerprint density at radius 2 is 1.96 bits per heavy atom. The van der Waals surface area contributed by atoms with E-state index in [1.54, 1.807) is 37.4 Å². The van der Waals surface area contributed by atoms with Gasteiger partial charge >= 0.3 is 6.03 Å². The van der Waals surface area contributed by atoms with Crippen molar-refractivity contribution in [2.45, 2.75) is 20.4 Å². The molecule has 0 saturated heterocycles. The predicted octanol–water partition coefficient (Wildman–Crippen LogP) is 2.87. The van der Waals surface area contributed by atoms with Gasteiger partial charge in [0.15, 0.2) is 0 Å². The van der Waals surface area contributed by atoms with E-state index in [2.05, 4.69) is 22.4 Å². The molecule has 25 heavy (non-hydrogen) atoms. The van der Waals surface area contributed by atoms with Crippen molar-refractivity contribution in [1.82, 2.24) is 15.4 Å². The SMILES string of the molecule is C=CCNC(=O)c1ccc(NC(=O)N(C)Cc2c(C)noc2C)cc1. The molecular formula is C18H22N4O3. The summed E-state index contributed by atoms with van der Waals surface area (Å²) >= 11 is 0. The third-order valence-corrected chi connectivity index (χ3v) is 3.73. The van der Waals surface area contributed by atoms with E-state index < -0.39 is 0 Å². The zero-order valence-electron chi connectivity index (χ0n) is 14.6. The molecule has 7 nitrogen and oxygen atoms in total. The first kappa shape index (κ1) is 18.3. The van der Waals surface area contributed by atoms with Gasteiger partial charge in [-0.15, -0.1) is 6.58 Å². The fourth-order valence-electron chi connectivity index (χ4n) is 2.23. The molecule has 1 aromatic heterocycles. The maximum absolute atomic E-state index is 12.3. The Hall–Kier alpha value is -3.09. The van der Waals surface area contributed by atoms with Crippen LogP contribution in [0.25, 0.3) is 0 Å². The summed E-state index contributed by atoms with van der Waals surface area (Å²) in [6, 6.07) is 6.42. The van der Waals surface area contributed by atoms with E-state index in [1.807, 2.05) is 13.8 Å². The topological polar surface area (TPSA) is 87.5 Å². The zero-order chi connectivity index (χ0) is 18.4. The molecule has 0 atom stereocenters. The molecule has 0 saturated carbocycles. The number of urea groups is 1. The highest BCUT2D eigenvalue weighted by Gasteiger charge is 2.15. The Bertz CT molecular complexity index is 746. The van der Waals surface area contributed by atoms with E-state index in [-0.39, 0.29) is 11.9 Å². The van der Waals surface area contributed by atoms with Crippen LogP contribution in [-0.4, -0.2) is 35.6 Å². The number of aryl methyl sites for hydroxylation is 2. The van der Waals surface area contributed by atoms with Gasteiger partial charge in [-0.25, -0.2) is 4.79 Å². The summed E-state index contributed by atoms with van der Waals surface area (Å²) in [6.07, 6.45) is 1.61. The molecule has 0 aliphatic rings.